The molecule has 1 aromatic carbocycles. The molecule has 0 atom stereocenters. The molecule has 1 aromatic rings. The molecule has 0 unspecified atom stereocenters. The average molecular weight is 180 g/mol. The minimum absolute atomic E-state index is 0.432. The first-order valence-corrected chi connectivity index (χ1v) is 3.70. The van der Waals surface area contributed by atoms with Crippen LogP contribution in [0.25, 0.3) is 0 Å². The number of urea groups is 1. The summed E-state index contributed by atoms with van der Waals surface area (Å²) in [7, 11) is 1.55. The van der Waals surface area contributed by atoms with Gasteiger partial charge in [0.05, 0.1) is 11.4 Å². The number of amides is 2. The van der Waals surface area contributed by atoms with Crippen LogP contribution in [0.3, 0.4) is 0 Å². The second kappa shape index (κ2) is 3.22. The third-order valence-corrected chi connectivity index (χ3v) is 1.74. The lowest BCUT2D eigenvalue weighted by atomic mass is 10.2. The number of rotatable bonds is 1. The van der Waals surface area contributed by atoms with E-state index >= 15 is 0 Å². The van der Waals surface area contributed by atoms with Gasteiger partial charge in [-0.3, -0.25) is 4.90 Å². The van der Waals surface area contributed by atoms with Crippen LogP contribution in [0, 0.1) is 0 Å². The highest BCUT2D eigenvalue weighted by atomic mass is 16.2. The van der Waals surface area contributed by atoms with Gasteiger partial charge in [0.15, 0.2) is 0 Å². The molecule has 70 valence electrons. The second-order valence-electron chi connectivity index (χ2n) is 2.72. The van der Waals surface area contributed by atoms with Crippen LogP contribution in [-0.2, 0) is 0 Å². The summed E-state index contributed by atoms with van der Waals surface area (Å²) >= 11 is 0. The number of nitrogen functional groups attached to an aromatic ring is 2. The zero-order chi connectivity index (χ0) is 10.0. The number of hydrogen-bond donors (Lipinski definition) is 3. The molecule has 0 aromatic heterocycles. The highest BCUT2D eigenvalue weighted by molar-refractivity contribution is 5.94. The smallest absolute Gasteiger partial charge is 0.319 e. The van der Waals surface area contributed by atoms with E-state index in [4.69, 9.17) is 17.2 Å². The Morgan fingerprint density at radius 3 is 2.46 bits per heavy atom. The Morgan fingerprint density at radius 2 is 2.00 bits per heavy atom. The number of hydrogen-bond acceptors (Lipinski definition) is 3. The summed E-state index contributed by atoms with van der Waals surface area (Å²) in [6, 6.07) is 4.33. The number of carbonyl (C=O) groups is 1. The van der Waals surface area contributed by atoms with Crippen molar-refractivity contribution in [3.05, 3.63) is 18.2 Å². The zero-order valence-corrected chi connectivity index (χ0v) is 7.32. The molecule has 0 aliphatic carbocycles. The molecule has 2 amide bonds. The summed E-state index contributed by atoms with van der Waals surface area (Å²) in [6.07, 6.45) is 0. The van der Waals surface area contributed by atoms with Crippen molar-refractivity contribution in [2.24, 2.45) is 5.73 Å². The maximum Gasteiger partial charge on any atom is 0.319 e. The SMILES string of the molecule is CN(C(N)=O)c1ccc(N)cc1N. The molecule has 5 nitrogen and oxygen atoms in total. The molecule has 0 saturated carbocycles. The van der Waals surface area contributed by atoms with Crippen LogP contribution in [0.1, 0.15) is 0 Å². The molecule has 0 radical (unpaired) electrons. The van der Waals surface area contributed by atoms with Gasteiger partial charge in [-0.1, -0.05) is 0 Å². The van der Waals surface area contributed by atoms with Gasteiger partial charge in [0, 0.05) is 12.7 Å². The lowest BCUT2D eigenvalue weighted by Crippen LogP contribution is -2.32. The summed E-state index contributed by atoms with van der Waals surface area (Å²) < 4.78 is 0. The summed E-state index contributed by atoms with van der Waals surface area (Å²) in [5, 5.41) is 0. The molecular formula is C8H12N4O. The lowest BCUT2D eigenvalue weighted by Gasteiger charge is -2.16. The maximum absolute atomic E-state index is 10.8. The highest BCUT2D eigenvalue weighted by Crippen LogP contribution is 2.23. The number of nitrogens with zero attached hydrogens (tertiary/aromatic N) is 1. The Hall–Kier alpha value is -1.91. The number of carbonyl (C=O) groups excluding carboxylic acids is 1. The Kier molecular flexibility index (Phi) is 2.27. The Labute approximate surface area is 76.1 Å². The molecular weight excluding hydrogens is 168 g/mol. The Balaban J connectivity index is 3.08. The third-order valence-electron chi connectivity index (χ3n) is 1.74. The molecule has 5 heteroatoms. The quantitative estimate of drug-likeness (QED) is 0.544. The molecule has 0 heterocycles. The van der Waals surface area contributed by atoms with Crippen LogP contribution in [-0.4, -0.2) is 13.1 Å². The van der Waals surface area contributed by atoms with Crippen molar-refractivity contribution in [3.8, 4) is 0 Å². The fraction of sp³-hybridized carbons (Fsp3) is 0.125. The summed E-state index contributed by atoms with van der Waals surface area (Å²) in [4.78, 5) is 12.1. The van der Waals surface area contributed by atoms with E-state index in [0.717, 1.165) is 0 Å². The summed E-state index contributed by atoms with van der Waals surface area (Å²) in [5.74, 6) is 0. The topological polar surface area (TPSA) is 98.4 Å². The van der Waals surface area contributed by atoms with Gasteiger partial charge in [0.25, 0.3) is 0 Å². The normalized spacial score (nSPS) is 9.62. The molecule has 0 bridgehead atoms. The number of nitrogens with two attached hydrogens (primary N) is 3. The highest BCUT2D eigenvalue weighted by Gasteiger charge is 2.09. The van der Waals surface area contributed by atoms with Gasteiger partial charge in [-0.25, -0.2) is 4.79 Å². The van der Waals surface area contributed by atoms with Crippen molar-refractivity contribution in [3.63, 3.8) is 0 Å². The Bertz CT molecular complexity index is 337. The van der Waals surface area contributed by atoms with E-state index < -0.39 is 6.03 Å². The monoisotopic (exact) mass is 180 g/mol. The lowest BCUT2D eigenvalue weighted by molar-refractivity contribution is 0.255. The first kappa shape index (κ1) is 9.18. The van der Waals surface area contributed by atoms with E-state index in [1.54, 1.807) is 25.2 Å². The predicted molar refractivity (Wildman–Crippen MR) is 53.3 cm³/mol. The molecule has 0 aliphatic heterocycles. The molecule has 6 N–H and O–H groups in total. The zero-order valence-electron chi connectivity index (χ0n) is 7.32. The van der Waals surface area contributed by atoms with E-state index in [0.29, 0.717) is 17.1 Å². The summed E-state index contributed by atoms with van der Waals surface area (Å²) in [5.41, 5.74) is 17.7. The van der Waals surface area contributed by atoms with Crippen LogP contribution in [0.4, 0.5) is 21.9 Å². The summed E-state index contributed by atoms with van der Waals surface area (Å²) in [6.45, 7) is 0. The predicted octanol–water partition coefficient (Wildman–Crippen LogP) is 0.366. The van der Waals surface area contributed by atoms with Crippen LogP contribution >= 0.6 is 0 Å². The van der Waals surface area contributed by atoms with Crippen LogP contribution in [0.2, 0.25) is 0 Å². The third kappa shape index (κ3) is 1.81. The Morgan fingerprint density at radius 1 is 1.38 bits per heavy atom. The average Bonchev–Trinajstić information content (AvgIpc) is 2.03. The van der Waals surface area contributed by atoms with Gasteiger partial charge < -0.3 is 17.2 Å². The van der Waals surface area contributed by atoms with Gasteiger partial charge in [0.1, 0.15) is 0 Å². The van der Waals surface area contributed by atoms with Crippen LogP contribution in [0.15, 0.2) is 18.2 Å². The van der Waals surface area contributed by atoms with Crippen molar-refractivity contribution in [1.82, 2.24) is 0 Å². The first-order valence-electron chi connectivity index (χ1n) is 3.70. The van der Waals surface area contributed by atoms with Gasteiger partial charge >= 0.3 is 6.03 Å². The van der Waals surface area contributed by atoms with Gasteiger partial charge in [-0.15, -0.1) is 0 Å². The number of primary amides is 1. The molecule has 0 fully saturated rings. The van der Waals surface area contributed by atoms with E-state index in [1.165, 1.54) is 4.90 Å². The number of benzene rings is 1. The van der Waals surface area contributed by atoms with Crippen molar-refractivity contribution in [2.45, 2.75) is 0 Å². The minimum atomic E-state index is -0.559. The first-order chi connectivity index (χ1) is 6.02. The standard InChI is InChI=1S/C8H12N4O/c1-12(8(11)13)7-3-2-5(9)4-6(7)10/h2-4H,9-10H2,1H3,(H2,11,13). The molecule has 1 rings (SSSR count). The van der Waals surface area contributed by atoms with Gasteiger partial charge in [0.2, 0.25) is 0 Å². The van der Waals surface area contributed by atoms with Gasteiger partial charge in [-0.2, -0.15) is 0 Å². The van der Waals surface area contributed by atoms with Gasteiger partial charge in [-0.05, 0) is 18.2 Å². The van der Waals surface area contributed by atoms with Crippen LogP contribution in [0.5, 0.6) is 0 Å². The van der Waals surface area contributed by atoms with E-state index in [2.05, 4.69) is 0 Å². The fourth-order valence-corrected chi connectivity index (χ4v) is 0.997. The van der Waals surface area contributed by atoms with Crippen molar-refractivity contribution < 1.29 is 4.79 Å². The number of anilines is 3. The minimum Gasteiger partial charge on any atom is -0.399 e. The van der Waals surface area contributed by atoms with Crippen LogP contribution < -0.4 is 22.1 Å². The van der Waals surface area contributed by atoms with Crippen molar-refractivity contribution in [1.29, 1.82) is 0 Å². The van der Waals surface area contributed by atoms with E-state index in [9.17, 15) is 4.79 Å². The molecule has 0 saturated heterocycles. The van der Waals surface area contributed by atoms with E-state index in [1.807, 2.05) is 0 Å². The second-order valence-corrected chi connectivity index (χ2v) is 2.72. The fourth-order valence-electron chi connectivity index (χ4n) is 0.997. The van der Waals surface area contributed by atoms with Crippen molar-refractivity contribution >= 4 is 23.1 Å². The largest absolute Gasteiger partial charge is 0.399 e. The van der Waals surface area contributed by atoms with E-state index in [-0.39, 0.29) is 0 Å². The molecule has 0 aliphatic rings. The molecule has 0 spiro atoms. The molecule has 13 heavy (non-hydrogen) atoms. The maximum atomic E-state index is 10.8. The van der Waals surface area contributed by atoms with Crippen molar-refractivity contribution in [2.75, 3.05) is 23.4 Å².